The van der Waals surface area contributed by atoms with E-state index in [2.05, 4.69) is 81.5 Å². The zero-order valence-corrected chi connectivity index (χ0v) is 13.7. The fourth-order valence-corrected chi connectivity index (χ4v) is 2.70. The molecular formula is C20H27N. The molecule has 0 aliphatic rings. The van der Waals surface area contributed by atoms with Crippen LogP contribution < -0.4 is 5.32 Å². The molecule has 0 amide bonds. The molecule has 0 radical (unpaired) electrons. The van der Waals surface area contributed by atoms with E-state index >= 15 is 0 Å². The standard InChI is InChI=1S/C20H27N/c1-5-16-8-7-9-19(14-16)20(21-6-2)18-12-10-17(11-13-18)15(3)4/h7-15,20-21H,5-6H2,1-4H3. The third-order valence-electron chi connectivity index (χ3n) is 4.04. The summed E-state index contributed by atoms with van der Waals surface area (Å²) in [6, 6.07) is 18.2. The molecule has 1 atom stereocenters. The van der Waals surface area contributed by atoms with Crippen LogP contribution in [-0.4, -0.2) is 6.54 Å². The second-order valence-corrected chi connectivity index (χ2v) is 5.91. The summed E-state index contributed by atoms with van der Waals surface area (Å²) in [5, 5.41) is 3.62. The van der Waals surface area contributed by atoms with E-state index in [-0.39, 0.29) is 6.04 Å². The molecule has 0 aliphatic heterocycles. The Bertz CT molecular complexity index is 554. The van der Waals surface area contributed by atoms with Crippen LogP contribution in [0.1, 0.15) is 61.9 Å². The minimum absolute atomic E-state index is 0.280. The Hall–Kier alpha value is -1.60. The van der Waals surface area contributed by atoms with Crippen molar-refractivity contribution in [2.24, 2.45) is 0 Å². The Morgan fingerprint density at radius 2 is 1.52 bits per heavy atom. The van der Waals surface area contributed by atoms with Gasteiger partial charge in [0.05, 0.1) is 6.04 Å². The van der Waals surface area contributed by atoms with Gasteiger partial charge in [0.15, 0.2) is 0 Å². The number of aryl methyl sites for hydroxylation is 1. The summed E-state index contributed by atoms with van der Waals surface area (Å²) < 4.78 is 0. The molecule has 112 valence electrons. The van der Waals surface area contributed by atoms with Gasteiger partial charge in [-0.25, -0.2) is 0 Å². The Morgan fingerprint density at radius 3 is 2.10 bits per heavy atom. The summed E-state index contributed by atoms with van der Waals surface area (Å²) in [6.07, 6.45) is 1.08. The quantitative estimate of drug-likeness (QED) is 0.779. The van der Waals surface area contributed by atoms with Crippen molar-refractivity contribution < 1.29 is 0 Å². The van der Waals surface area contributed by atoms with Crippen molar-refractivity contribution >= 4 is 0 Å². The summed E-state index contributed by atoms with van der Waals surface area (Å²) in [5.41, 5.74) is 5.49. The van der Waals surface area contributed by atoms with Crippen LogP contribution in [0.2, 0.25) is 0 Å². The lowest BCUT2D eigenvalue weighted by Crippen LogP contribution is -2.22. The van der Waals surface area contributed by atoms with Crippen LogP contribution in [0.15, 0.2) is 48.5 Å². The maximum atomic E-state index is 3.62. The molecule has 2 aromatic carbocycles. The molecule has 0 saturated carbocycles. The zero-order valence-electron chi connectivity index (χ0n) is 13.7. The second-order valence-electron chi connectivity index (χ2n) is 5.91. The van der Waals surface area contributed by atoms with Crippen LogP contribution in [0.3, 0.4) is 0 Å². The number of hydrogen-bond donors (Lipinski definition) is 1. The SMILES string of the molecule is CCNC(c1ccc(C(C)C)cc1)c1cccc(CC)c1. The molecule has 1 heteroatoms. The van der Waals surface area contributed by atoms with Crippen LogP contribution >= 0.6 is 0 Å². The lowest BCUT2D eigenvalue weighted by molar-refractivity contribution is 0.629. The smallest absolute Gasteiger partial charge is 0.0576 e. The van der Waals surface area contributed by atoms with Gasteiger partial charge in [0.25, 0.3) is 0 Å². The first-order chi connectivity index (χ1) is 10.2. The molecule has 1 N–H and O–H groups in total. The van der Waals surface area contributed by atoms with Gasteiger partial charge in [-0.15, -0.1) is 0 Å². The van der Waals surface area contributed by atoms with Crippen molar-refractivity contribution in [2.75, 3.05) is 6.54 Å². The molecule has 0 spiro atoms. The zero-order chi connectivity index (χ0) is 15.2. The van der Waals surface area contributed by atoms with Crippen molar-refractivity contribution in [1.82, 2.24) is 5.32 Å². The summed E-state index contributed by atoms with van der Waals surface area (Å²) in [7, 11) is 0. The summed E-state index contributed by atoms with van der Waals surface area (Å²) in [6.45, 7) is 9.81. The van der Waals surface area contributed by atoms with E-state index < -0.39 is 0 Å². The summed E-state index contributed by atoms with van der Waals surface area (Å²) in [5.74, 6) is 0.583. The van der Waals surface area contributed by atoms with Gasteiger partial charge in [-0.05, 0) is 41.1 Å². The lowest BCUT2D eigenvalue weighted by atomic mass is 9.94. The molecule has 0 saturated heterocycles. The third-order valence-corrected chi connectivity index (χ3v) is 4.04. The van der Waals surface area contributed by atoms with Gasteiger partial charge in [-0.2, -0.15) is 0 Å². The molecule has 2 rings (SSSR count). The van der Waals surface area contributed by atoms with Crippen LogP contribution in [0.4, 0.5) is 0 Å². The Kier molecular flexibility index (Phi) is 5.58. The molecule has 0 heterocycles. The van der Waals surface area contributed by atoms with Gasteiger partial charge in [0, 0.05) is 0 Å². The average molecular weight is 281 g/mol. The first kappa shape index (κ1) is 15.8. The first-order valence-electron chi connectivity index (χ1n) is 8.07. The molecular weight excluding hydrogens is 254 g/mol. The van der Waals surface area contributed by atoms with Crippen molar-refractivity contribution in [3.8, 4) is 0 Å². The maximum Gasteiger partial charge on any atom is 0.0576 e. The molecule has 0 fully saturated rings. The monoisotopic (exact) mass is 281 g/mol. The molecule has 21 heavy (non-hydrogen) atoms. The molecule has 2 aromatic rings. The van der Waals surface area contributed by atoms with Crippen molar-refractivity contribution in [1.29, 1.82) is 0 Å². The van der Waals surface area contributed by atoms with Gasteiger partial charge in [0.1, 0.15) is 0 Å². The van der Waals surface area contributed by atoms with Crippen LogP contribution in [0.5, 0.6) is 0 Å². The third kappa shape index (κ3) is 3.95. The number of nitrogens with one attached hydrogen (secondary N) is 1. The molecule has 0 aromatic heterocycles. The summed E-state index contributed by atoms with van der Waals surface area (Å²) in [4.78, 5) is 0. The van der Waals surface area contributed by atoms with E-state index in [0.29, 0.717) is 5.92 Å². The van der Waals surface area contributed by atoms with Gasteiger partial charge in [0.2, 0.25) is 0 Å². The molecule has 0 bridgehead atoms. The highest BCUT2D eigenvalue weighted by Gasteiger charge is 2.13. The maximum absolute atomic E-state index is 3.62. The van der Waals surface area contributed by atoms with Gasteiger partial charge in [-0.3, -0.25) is 0 Å². The highest BCUT2D eigenvalue weighted by atomic mass is 14.9. The predicted octanol–water partition coefficient (Wildman–Crippen LogP) is 5.07. The minimum Gasteiger partial charge on any atom is -0.307 e. The van der Waals surface area contributed by atoms with E-state index in [0.717, 1.165) is 13.0 Å². The largest absolute Gasteiger partial charge is 0.307 e. The highest BCUT2D eigenvalue weighted by molar-refractivity contribution is 5.36. The molecule has 1 unspecified atom stereocenters. The topological polar surface area (TPSA) is 12.0 Å². The number of hydrogen-bond acceptors (Lipinski definition) is 1. The Morgan fingerprint density at radius 1 is 0.857 bits per heavy atom. The second kappa shape index (κ2) is 7.42. The van der Waals surface area contributed by atoms with Crippen molar-refractivity contribution in [3.63, 3.8) is 0 Å². The Balaban J connectivity index is 2.33. The molecule has 0 aliphatic carbocycles. The van der Waals surface area contributed by atoms with Crippen molar-refractivity contribution in [3.05, 3.63) is 70.8 Å². The van der Waals surface area contributed by atoms with E-state index in [4.69, 9.17) is 0 Å². The van der Waals surface area contributed by atoms with E-state index in [1.54, 1.807) is 0 Å². The Labute approximate surface area is 129 Å². The fraction of sp³-hybridized carbons (Fsp3) is 0.400. The fourth-order valence-electron chi connectivity index (χ4n) is 2.70. The highest BCUT2D eigenvalue weighted by Crippen LogP contribution is 2.25. The van der Waals surface area contributed by atoms with E-state index in [9.17, 15) is 0 Å². The van der Waals surface area contributed by atoms with E-state index in [1.807, 2.05) is 0 Å². The number of benzene rings is 2. The van der Waals surface area contributed by atoms with Crippen LogP contribution in [-0.2, 0) is 6.42 Å². The lowest BCUT2D eigenvalue weighted by Gasteiger charge is -2.20. The average Bonchev–Trinajstić information content (AvgIpc) is 2.52. The molecule has 1 nitrogen and oxygen atoms in total. The van der Waals surface area contributed by atoms with Crippen molar-refractivity contribution in [2.45, 2.75) is 46.1 Å². The van der Waals surface area contributed by atoms with Gasteiger partial charge >= 0.3 is 0 Å². The number of rotatable bonds is 6. The first-order valence-corrected chi connectivity index (χ1v) is 8.07. The van der Waals surface area contributed by atoms with Crippen LogP contribution in [0, 0.1) is 0 Å². The predicted molar refractivity (Wildman–Crippen MR) is 91.9 cm³/mol. The summed E-state index contributed by atoms with van der Waals surface area (Å²) >= 11 is 0. The van der Waals surface area contributed by atoms with Gasteiger partial charge < -0.3 is 5.32 Å². The normalized spacial score (nSPS) is 12.6. The van der Waals surface area contributed by atoms with Crippen LogP contribution in [0.25, 0.3) is 0 Å². The van der Waals surface area contributed by atoms with E-state index in [1.165, 1.54) is 22.3 Å². The minimum atomic E-state index is 0.280. The van der Waals surface area contributed by atoms with Gasteiger partial charge in [-0.1, -0.05) is 76.2 Å².